The first kappa shape index (κ1) is 12.7. The Balaban J connectivity index is 2.53. The first-order valence-corrected chi connectivity index (χ1v) is 6.69. The summed E-state index contributed by atoms with van der Waals surface area (Å²) in [5, 5.41) is 6.92. The molecule has 0 radical (unpaired) electrons. The van der Waals surface area contributed by atoms with Crippen LogP contribution in [0.5, 0.6) is 0 Å². The van der Waals surface area contributed by atoms with E-state index in [1.807, 2.05) is 0 Å². The van der Waals surface area contributed by atoms with Crippen molar-refractivity contribution in [3.05, 3.63) is 16.1 Å². The Morgan fingerprint density at radius 1 is 1.47 bits per heavy atom. The van der Waals surface area contributed by atoms with E-state index in [-0.39, 0.29) is 0 Å². The summed E-state index contributed by atoms with van der Waals surface area (Å²) in [4.78, 5) is 4.53. The molecule has 1 N–H and O–H groups in total. The topological polar surface area (TPSA) is 24.9 Å². The molecule has 0 fully saturated rings. The van der Waals surface area contributed by atoms with Gasteiger partial charge in [-0.2, -0.15) is 0 Å². The summed E-state index contributed by atoms with van der Waals surface area (Å²) >= 11 is 1.79. The number of hydrogen-bond donors (Lipinski definition) is 1. The van der Waals surface area contributed by atoms with Crippen molar-refractivity contribution in [1.29, 1.82) is 0 Å². The van der Waals surface area contributed by atoms with Gasteiger partial charge >= 0.3 is 0 Å². The van der Waals surface area contributed by atoms with Crippen molar-refractivity contribution in [2.45, 2.75) is 46.6 Å². The van der Waals surface area contributed by atoms with Gasteiger partial charge in [0.25, 0.3) is 0 Å². The quantitative estimate of drug-likeness (QED) is 0.806. The number of hydrogen-bond acceptors (Lipinski definition) is 3. The van der Waals surface area contributed by atoms with Crippen molar-refractivity contribution in [2.24, 2.45) is 5.92 Å². The van der Waals surface area contributed by atoms with Gasteiger partial charge in [-0.25, -0.2) is 4.98 Å². The minimum Gasteiger partial charge on any atom is -0.314 e. The van der Waals surface area contributed by atoms with Crippen LogP contribution in [0, 0.1) is 12.8 Å². The van der Waals surface area contributed by atoms with E-state index in [0.717, 1.165) is 18.7 Å². The molecule has 0 saturated heterocycles. The van der Waals surface area contributed by atoms with Crippen LogP contribution in [0.15, 0.2) is 5.38 Å². The number of nitrogens with zero attached hydrogens (tertiary/aromatic N) is 1. The second-order valence-electron chi connectivity index (χ2n) is 4.10. The molecular weight excluding hydrogens is 204 g/mol. The van der Waals surface area contributed by atoms with Gasteiger partial charge in [0.15, 0.2) is 0 Å². The van der Waals surface area contributed by atoms with E-state index in [1.165, 1.54) is 11.4 Å². The second-order valence-corrected chi connectivity index (χ2v) is 5.04. The minimum atomic E-state index is 0.587. The van der Waals surface area contributed by atoms with E-state index in [1.54, 1.807) is 11.3 Å². The lowest BCUT2D eigenvalue weighted by Gasteiger charge is -2.22. The molecule has 0 aliphatic heterocycles. The smallest absolute Gasteiger partial charge is 0.0931 e. The van der Waals surface area contributed by atoms with Crippen molar-refractivity contribution in [3.8, 4) is 0 Å². The highest BCUT2D eigenvalue weighted by atomic mass is 32.1. The molecule has 0 amide bonds. The Morgan fingerprint density at radius 2 is 2.20 bits per heavy atom. The zero-order chi connectivity index (χ0) is 11.3. The highest BCUT2D eigenvalue weighted by molar-refractivity contribution is 7.09. The van der Waals surface area contributed by atoms with Crippen LogP contribution in [0.1, 0.15) is 37.9 Å². The largest absolute Gasteiger partial charge is 0.314 e. The van der Waals surface area contributed by atoms with Gasteiger partial charge in [-0.15, -0.1) is 11.3 Å². The molecule has 15 heavy (non-hydrogen) atoms. The molecule has 0 bridgehead atoms. The summed E-state index contributed by atoms with van der Waals surface area (Å²) in [5.41, 5.74) is 1.15. The van der Waals surface area contributed by atoms with Crippen LogP contribution in [0.3, 0.4) is 0 Å². The second kappa shape index (κ2) is 6.23. The highest BCUT2D eigenvalue weighted by Gasteiger charge is 2.16. The molecule has 1 rings (SSSR count). The van der Waals surface area contributed by atoms with Crippen molar-refractivity contribution < 1.29 is 0 Å². The summed E-state index contributed by atoms with van der Waals surface area (Å²) in [6.45, 7) is 9.82. The minimum absolute atomic E-state index is 0.587. The third kappa shape index (κ3) is 3.92. The molecule has 1 aromatic rings. The Morgan fingerprint density at radius 3 is 2.67 bits per heavy atom. The van der Waals surface area contributed by atoms with Gasteiger partial charge in [0.05, 0.1) is 5.01 Å². The summed E-state index contributed by atoms with van der Waals surface area (Å²) < 4.78 is 0. The predicted molar refractivity (Wildman–Crippen MR) is 67.5 cm³/mol. The first-order valence-electron chi connectivity index (χ1n) is 5.81. The maximum atomic E-state index is 4.53. The number of thiazole rings is 1. The van der Waals surface area contributed by atoms with Gasteiger partial charge in [0.1, 0.15) is 0 Å². The van der Waals surface area contributed by atoms with Gasteiger partial charge in [-0.3, -0.25) is 0 Å². The van der Waals surface area contributed by atoms with Crippen molar-refractivity contribution in [2.75, 3.05) is 6.54 Å². The molecule has 86 valence electrons. The number of aromatic nitrogens is 1. The van der Waals surface area contributed by atoms with Crippen LogP contribution in [0.4, 0.5) is 0 Å². The van der Waals surface area contributed by atoms with Crippen LogP contribution < -0.4 is 5.32 Å². The van der Waals surface area contributed by atoms with Crippen LogP contribution in [-0.2, 0) is 6.42 Å². The Hall–Kier alpha value is -0.410. The normalized spacial score (nSPS) is 15.2. The molecule has 0 aliphatic rings. The zero-order valence-corrected chi connectivity index (χ0v) is 11.0. The third-order valence-electron chi connectivity index (χ3n) is 2.86. The fourth-order valence-corrected chi connectivity index (χ4v) is 2.75. The molecule has 0 aromatic carbocycles. The summed E-state index contributed by atoms with van der Waals surface area (Å²) in [6.07, 6.45) is 2.33. The Kier molecular flexibility index (Phi) is 5.26. The summed E-state index contributed by atoms with van der Waals surface area (Å²) in [6, 6.07) is 0.587. The molecule has 0 aliphatic carbocycles. The van der Waals surface area contributed by atoms with Crippen LogP contribution in [0.25, 0.3) is 0 Å². The van der Waals surface area contributed by atoms with E-state index in [0.29, 0.717) is 12.0 Å². The molecule has 1 heterocycles. The maximum absolute atomic E-state index is 4.53. The molecule has 2 unspecified atom stereocenters. The van der Waals surface area contributed by atoms with Crippen molar-refractivity contribution >= 4 is 11.3 Å². The maximum Gasteiger partial charge on any atom is 0.0931 e. The lowest BCUT2D eigenvalue weighted by molar-refractivity contribution is 0.367. The highest BCUT2D eigenvalue weighted by Crippen LogP contribution is 2.18. The average Bonchev–Trinajstić information content (AvgIpc) is 2.61. The molecule has 3 heteroatoms. The van der Waals surface area contributed by atoms with Gasteiger partial charge in [0.2, 0.25) is 0 Å². The molecule has 0 saturated carbocycles. The summed E-state index contributed by atoms with van der Waals surface area (Å²) in [5.74, 6) is 0.704. The first-order chi connectivity index (χ1) is 7.17. The molecule has 1 aromatic heterocycles. The van der Waals surface area contributed by atoms with Crippen LogP contribution >= 0.6 is 11.3 Å². The zero-order valence-electron chi connectivity index (χ0n) is 10.2. The van der Waals surface area contributed by atoms with E-state index in [2.05, 4.69) is 43.4 Å². The lowest BCUT2D eigenvalue weighted by Crippen LogP contribution is -2.34. The standard InChI is InChI=1S/C12H22N2S/c1-5-11(10(4)13-6-2)7-12-14-9(3)8-15-12/h8,10-11,13H,5-7H2,1-4H3. The fourth-order valence-electron chi connectivity index (χ4n) is 1.88. The molecule has 0 spiro atoms. The van der Waals surface area contributed by atoms with E-state index in [4.69, 9.17) is 0 Å². The van der Waals surface area contributed by atoms with E-state index in [9.17, 15) is 0 Å². The predicted octanol–water partition coefficient (Wildman–Crippen LogP) is 3.02. The monoisotopic (exact) mass is 226 g/mol. The molecular formula is C12H22N2S. The van der Waals surface area contributed by atoms with Gasteiger partial charge in [0, 0.05) is 23.5 Å². The average molecular weight is 226 g/mol. The number of rotatable bonds is 6. The third-order valence-corrected chi connectivity index (χ3v) is 3.85. The van der Waals surface area contributed by atoms with Gasteiger partial charge in [-0.1, -0.05) is 20.3 Å². The number of aryl methyl sites for hydroxylation is 1. The van der Waals surface area contributed by atoms with Gasteiger partial charge < -0.3 is 5.32 Å². The molecule has 2 atom stereocenters. The van der Waals surface area contributed by atoms with Crippen molar-refractivity contribution in [3.63, 3.8) is 0 Å². The number of nitrogens with one attached hydrogen (secondary N) is 1. The van der Waals surface area contributed by atoms with Crippen molar-refractivity contribution in [1.82, 2.24) is 10.3 Å². The summed E-state index contributed by atoms with van der Waals surface area (Å²) in [7, 11) is 0. The SMILES string of the molecule is CCNC(C)C(CC)Cc1nc(C)cs1. The van der Waals surface area contributed by atoms with E-state index >= 15 is 0 Å². The Labute approximate surface area is 97.1 Å². The van der Waals surface area contributed by atoms with Crippen LogP contribution in [0.2, 0.25) is 0 Å². The lowest BCUT2D eigenvalue weighted by atomic mass is 9.95. The molecule has 2 nitrogen and oxygen atoms in total. The van der Waals surface area contributed by atoms with Crippen LogP contribution in [-0.4, -0.2) is 17.6 Å². The van der Waals surface area contributed by atoms with E-state index < -0.39 is 0 Å². The van der Waals surface area contributed by atoms with Gasteiger partial charge in [-0.05, 0) is 26.3 Å². The fraction of sp³-hybridized carbons (Fsp3) is 0.750. The Bertz CT molecular complexity index is 283.